The average Bonchev–Trinajstić information content (AvgIpc) is 2.48. The third kappa shape index (κ3) is 2.32. The van der Waals surface area contributed by atoms with Gasteiger partial charge in [0.2, 0.25) is 0 Å². The second kappa shape index (κ2) is 4.23. The summed E-state index contributed by atoms with van der Waals surface area (Å²) < 4.78 is 6.65. The van der Waals surface area contributed by atoms with Gasteiger partial charge in [0.25, 0.3) is 0 Å². The van der Waals surface area contributed by atoms with Gasteiger partial charge in [-0.05, 0) is 6.92 Å². The Morgan fingerprint density at radius 3 is 3.00 bits per heavy atom. The normalized spacial score (nSPS) is 13.2. The van der Waals surface area contributed by atoms with Gasteiger partial charge in [0.15, 0.2) is 0 Å². The fourth-order valence-electron chi connectivity index (χ4n) is 0.902. The van der Waals surface area contributed by atoms with E-state index in [1.165, 1.54) is 0 Å². The number of hydrogen-bond donors (Lipinski definition) is 1. The van der Waals surface area contributed by atoms with Gasteiger partial charge >= 0.3 is 0 Å². The number of hydrogen-bond acceptors (Lipinski definition) is 3. The van der Waals surface area contributed by atoms with Gasteiger partial charge in [0.1, 0.15) is 0 Å². The smallest absolute Gasteiger partial charge is 0.0792 e. The third-order valence-corrected chi connectivity index (χ3v) is 1.66. The number of aliphatic hydroxyl groups is 1. The van der Waals surface area contributed by atoms with E-state index in [0.29, 0.717) is 6.61 Å². The summed E-state index contributed by atoms with van der Waals surface area (Å²) in [6, 6.07) is 0. The molecule has 0 saturated carbocycles. The van der Waals surface area contributed by atoms with Crippen molar-refractivity contribution >= 4 is 0 Å². The van der Waals surface area contributed by atoms with E-state index < -0.39 is 6.10 Å². The molecule has 1 atom stereocenters. The highest BCUT2D eigenvalue weighted by molar-refractivity contribution is 5.06. The Morgan fingerprint density at radius 2 is 2.50 bits per heavy atom. The van der Waals surface area contributed by atoms with E-state index in [4.69, 9.17) is 4.74 Å². The zero-order valence-corrected chi connectivity index (χ0v) is 7.40. The molecule has 4 nitrogen and oxygen atoms in total. The Balaban J connectivity index is 2.52. The molecule has 1 N–H and O–H groups in total. The second-order valence-electron chi connectivity index (χ2n) is 2.71. The van der Waals surface area contributed by atoms with Crippen LogP contribution in [0.4, 0.5) is 0 Å². The van der Waals surface area contributed by atoms with Gasteiger partial charge in [-0.1, -0.05) is 0 Å². The average molecular weight is 170 g/mol. The first-order valence-electron chi connectivity index (χ1n) is 3.93. The van der Waals surface area contributed by atoms with Gasteiger partial charge in [-0.2, -0.15) is 5.10 Å². The molecule has 0 radical (unpaired) electrons. The van der Waals surface area contributed by atoms with Gasteiger partial charge in [0, 0.05) is 18.9 Å². The number of aliphatic hydroxyl groups excluding tert-OH is 1. The number of aromatic nitrogens is 2. The molecule has 1 heterocycles. The summed E-state index contributed by atoms with van der Waals surface area (Å²) in [6.07, 6.45) is 3.05. The molecule has 1 rings (SSSR count). The lowest BCUT2D eigenvalue weighted by atomic mass is 10.2. The zero-order chi connectivity index (χ0) is 8.97. The molecule has 0 amide bonds. The molecule has 4 heteroatoms. The van der Waals surface area contributed by atoms with Crippen molar-refractivity contribution in [1.29, 1.82) is 0 Å². The third-order valence-electron chi connectivity index (χ3n) is 1.66. The minimum absolute atomic E-state index is 0.443. The molecule has 1 aromatic rings. The zero-order valence-electron chi connectivity index (χ0n) is 7.40. The molecule has 0 fully saturated rings. The van der Waals surface area contributed by atoms with E-state index in [2.05, 4.69) is 5.10 Å². The summed E-state index contributed by atoms with van der Waals surface area (Å²) in [5.74, 6) is 0. The molecule has 0 saturated heterocycles. The Morgan fingerprint density at radius 1 is 1.75 bits per heavy atom. The second-order valence-corrected chi connectivity index (χ2v) is 2.71. The highest BCUT2D eigenvalue weighted by Gasteiger charge is 2.02. The van der Waals surface area contributed by atoms with Crippen molar-refractivity contribution in [3.8, 4) is 0 Å². The molecule has 68 valence electrons. The van der Waals surface area contributed by atoms with Crippen molar-refractivity contribution in [3.05, 3.63) is 18.0 Å². The van der Waals surface area contributed by atoms with Crippen LogP contribution < -0.4 is 0 Å². The first-order chi connectivity index (χ1) is 5.74. The standard InChI is InChI=1S/C8H14N2O2/c1-7(11)8-5-9-10(6-8)3-4-12-2/h5-7,11H,3-4H2,1-2H3. The van der Waals surface area contributed by atoms with E-state index >= 15 is 0 Å². The molecule has 12 heavy (non-hydrogen) atoms. The van der Waals surface area contributed by atoms with Crippen LogP contribution in [0.2, 0.25) is 0 Å². The Kier molecular flexibility index (Phi) is 3.25. The van der Waals surface area contributed by atoms with Crippen molar-refractivity contribution in [1.82, 2.24) is 9.78 Å². The SMILES string of the molecule is COCCn1cc(C(C)O)cn1. The lowest BCUT2D eigenvalue weighted by molar-refractivity contribution is 0.182. The van der Waals surface area contributed by atoms with Crippen molar-refractivity contribution in [3.63, 3.8) is 0 Å². The molecular weight excluding hydrogens is 156 g/mol. The van der Waals surface area contributed by atoms with Crippen molar-refractivity contribution in [2.24, 2.45) is 0 Å². The number of ether oxygens (including phenoxy) is 1. The van der Waals surface area contributed by atoms with E-state index in [9.17, 15) is 5.11 Å². The summed E-state index contributed by atoms with van der Waals surface area (Å²) in [6.45, 7) is 3.09. The monoisotopic (exact) mass is 170 g/mol. The fraction of sp³-hybridized carbons (Fsp3) is 0.625. The molecule has 0 aliphatic rings. The number of methoxy groups -OCH3 is 1. The van der Waals surface area contributed by atoms with Gasteiger partial charge in [-0.25, -0.2) is 0 Å². The maximum atomic E-state index is 9.18. The van der Waals surface area contributed by atoms with E-state index in [-0.39, 0.29) is 0 Å². The summed E-state index contributed by atoms with van der Waals surface area (Å²) in [5.41, 5.74) is 0.839. The van der Waals surface area contributed by atoms with Crippen molar-refractivity contribution < 1.29 is 9.84 Å². The highest BCUT2D eigenvalue weighted by atomic mass is 16.5. The van der Waals surface area contributed by atoms with Crippen LogP contribution in [0.3, 0.4) is 0 Å². The summed E-state index contributed by atoms with van der Waals surface area (Å²) >= 11 is 0. The van der Waals surface area contributed by atoms with Gasteiger partial charge in [-0.15, -0.1) is 0 Å². The molecule has 0 aliphatic heterocycles. The fourth-order valence-corrected chi connectivity index (χ4v) is 0.902. The maximum Gasteiger partial charge on any atom is 0.0792 e. The van der Waals surface area contributed by atoms with Crippen LogP contribution in [0.25, 0.3) is 0 Å². The van der Waals surface area contributed by atoms with Crippen LogP contribution in [-0.2, 0) is 11.3 Å². The molecule has 0 aliphatic carbocycles. The van der Waals surface area contributed by atoms with Gasteiger partial charge in [-0.3, -0.25) is 4.68 Å². The molecule has 1 unspecified atom stereocenters. The van der Waals surface area contributed by atoms with E-state index in [1.807, 2.05) is 6.20 Å². The summed E-state index contributed by atoms with van der Waals surface area (Å²) in [4.78, 5) is 0. The predicted molar refractivity (Wildman–Crippen MR) is 44.7 cm³/mol. The van der Waals surface area contributed by atoms with Crippen LogP contribution in [-0.4, -0.2) is 28.6 Å². The minimum atomic E-state index is -0.443. The van der Waals surface area contributed by atoms with Crippen LogP contribution in [0.15, 0.2) is 12.4 Å². The first-order valence-corrected chi connectivity index (χ1v) is 3.93. The predicted octanol–water partition coefficient (Wildman–Crippen LogP) is 0.583. The topological polar surface area (TPSA) is 47.3 Å². The van der Waals surface area contributed by atoms with Crippen LogP contribution in [0, 0.1) is 0 Å². The molecule has 0 spiro atoms. The lowest BCUT2D eigenvalue weighted by Gasteiger charge is -1.99. The summed E-state index contributed by atoms with van der Waals surface area (Å²) in [7, 11) is 1.65. The van der Waals surface area contributed by atoms with Crippen molar-refractivity contribution in [2.75, 3.05) is 13.7 Å². The van der Waals surface area contributed by atoms with Crippen LogP contribution in [0.1, 0.15) is 18.6 Å². The number of nitrogens with zero attached hydrogens (tertiary/aromatic N) is 2. The first kappa shape index (κ1) is 9.22. The number of rotatable bonds is 4. The largest absolute Gasteiger partial charge is 0.389 e. The highest BCUT2D eigenvalue weighted by Crippen LogP contribution is 2.09. The Labute approximate surface area is 71.8 Å². The van der Waals surface area contributed by atoms with Crippen LogP contribution in [0.5, 0.6) is 0 Å². The Hall–Kier alpha value is -0.870. The minimum Gasteiger partial charge on any atom is -0.389 e. The lowest BCUT2D eigenvalue weighted by Crippen LogP contribution is -2.04. The van der Waals surface area contributed by atoms with E-state index in [0.717, 1.165) is 12.1 Å². The van der Waals surface area contributed by atoms with Crippen molar-refractivity contribution in [2.45, 2.75) is 19.6 Å². The molecular formula is C8H14N2O2. The Bertz CT molecular complexity index is 233. The molecule has 1 aromatic heterocycles. The summed E-state index contributed by atoms with van der Waals surface area (Å²) in [5, 5.41) is 13.2. The maximum absolute atomic E-state index is 9.18. The van der Waals surface area contributed by atoms with Gasteiger partial charge < -0.3 is 9.84 Å². The quantitative estimate of drug-likeness (QED) is 0.719. The van der Waals surface area contributed by atoms with Gasteiger partial charge in [0.05, 0.1) is 25.5 Å². The van der Waals surface area contributed by atoms with Crippen LogP contribution >= 0.6 is 0 Å². The molecule has 0 bridgehead atoms. The van der Waals surface area contributed by atoms with E-state index in [1.54, 1.807) is 24.9 Å². The molecule has 0 aromatic carbocycles.